The molecule has 0 bridgehead atoms. The third-order valence-corrected chi connectivity index (χ3v) is 2.58. The van der Waals surface area contributed by atoms with Crippen LogP contribution in [0.15, 0.2) is 48.6 Å². The van der Waals surface area contributed by atoms with Gasteiger partial charge in [-0.3, -0.25) is 19.2 Å². The summed E-state index contributed by atoms with van der Waals surface area (Å²) < 4.78 is 12.7. The highest BCUT2D eigenvalue weighted by Crippen LogP contribution is 2.00. The molecule has 35 heavy (non-hydrogen) atoms. The molecule has 0 aliphatic carbocycles. The minimum Gasteiger partial charge on any atom is -0.481 e. The van der Waals surface area contributed by atoms with Gasteiger partial charge in [-0.1, -0.05) is 26.3 Å². The van der Waals surface area contributed by atoms with E-state index < -0.39 is 60.6 Å². The van der Waals surface area contributed by atoms with Crippen molar-refractivity contribution in [3.8, 4) is 0 Å². The first-order valence-electron chi connectivity index (χ1n) is 9.13. The quantitative estimate of drug-likeness (QED) is 0.210. The fraction of sp³-hybridized carbons (Fsp3) is 0.273. The first-order chi connectivity index (χ1) is 15.8. The molecule has 13 heteroatoms. The second-order valence-electron chi connectivity index (χ2n) is 6.46. The zero-order valence-corrected chi connectivity index (χ0v) is 19.6. The lowest BCUT2D eigenvalue weighted by Gasteiger charge is -2.02. The Morgan fingerprint density at radius 1 is 0.486 bits per heavy atom. The van der Waals surface area contributed by atoms with Crippen LogP contribution < -0.4 is 0 Å². The van der Waals surface area contributed by atoms with Crippen molar-refractivity contribution in [2.24, 2.45) is 0 Å². The molecule has 0 rings (SSSR count). The van der Waals surface area contributed by atoms with Gasteiger partial charge in [0.15, 0.2) is 0 Å². The van der Waals surface area contributed by atoms with E-state index >= 15 is 0 Å². The molecule has 0 radical (unpaired) electrons. The van der Waals surface area contributed by atoms with Crippen molar-refractivity contribution in [1.82, 2.24) is 0 Å². The molecule has 2 N–H and O–H groups in total. The predicted molar refractivity (Wildman–Crippen MR) is 117 cm³/mol. The number of carboxylic acids is 2. The molecule has 192 valence electrons. The summed E-state index contributed by atoms with van der Waals surface area (Å²) in [4.78, 5) is 84.0. The number of aliphatic carboxylic acids is 2. The summed E-state index contributed by atoms with van der Waals surface area (Å²) in [6.07, 6.45) is -1.64. The van der Waals surface area contributed by atoms with Crippen LogP contribution in [0.4, 0.5) is 0 Å². The topological polar surface area (TPSA) is 205 Å². The largest absolute Gasteiger partial charge is 0.481 e. The fourth-order valence-electron chi connectivity index (χ4n) is 0.959. The van der Waals surface area contributed by atoms with E-state index in [1.54, 1.807) is 0 Å². The number of esters is 6. The summed E-state index contributed by atoms with van der Waals surface area (Å²) in [5, 5.41) is 15.4. The molecular formula is C22H26O13. The van der Waals surface area contributed by atoms with Gasteiger partial charge in [-0.25, -0.2) is 19.2 Å². The van der Waals surface area contributed by atoms with Crippen molar-refractivity contribution in [3.63, 3.8) is 0 Å². The molecule has 0 unspecified atom stereocenters. The maximum atomic E-state index is 11.0. The second-order valence-corrected chi connectivity index (χ2v) is 6.46. The standard InChI is InChI=1S/C11H12O6.C8H10O3.C3H4O4/c1-6(2)10(14)16-8(12)5-9(13)17-11(15)7(3)4;1-5(2)7(9)11-8(10)6(3)4;4-2(5)1-3(6)7/h1,3,5H2,2,4H3;1,3H2,2,4H3;1H2,(H,4,5)(H,6,7). The van der Waals surface area contributed by atoms with E-state index in [0.29, 0.717) is 0 Å². The van der Waals surface area contributed by atoms with Gasteiger partial charge in [0.2, 0.25) is 0 Å². The van der Waals surface area contributed by atoms with Crippen molar-refractivity contribution < 1.29 is 62.8 Å². The molecule has 0 atom stereocenters. The van der Waals surface area contributed by atoms with Crippen LogP contribution in [0.5, 0.6) is 0 Å². The maximum Gasteiger partial charge on any atom is 0.340 e. The Labute approximate surface area is 200 Å². The molecular weight excluding hydrogens is 472 g/mol. The van der Waals surface area contributed by atoms with Gasteiger partial charge in [-0.05, 0) is 27.7 Å². The molecule has 0 aliphatic rings. The van der Waals surface area contributed by atoms with Gasteiger partial charge in [0.25, 0.3) is 0 Å². The lowest BCUT2D eigenvalue weighted by atomic mass is 10.3. The lowest BCUT2D eigenvalue weighted by Crippen LogP contribution is -2.20. The first kappa shape index (κ1) is 34.9. The minimum absolute atomic E-state index is 0.0183. The van der Waals surface area contributed by atoms with E-state index in [1.807, 2.05) is 0 Å². The summed E-state index contributed by atoms with van der Waals surface area (Å²) in [6.45, 7) is 18.7. The zero-order chi connectivity index (χ0) is 28.5. The molecule has 0 saturated heterocycles. The molecule has 0 aromatic heterocycles. The SMILES string of the molecule is C=C(C)C(=O)OC(=O)C(=C)C.C=C(C)C(=O)OC(=O)CC(=O)OC(=O)C(=C)C.O=C(O)CC(=O)O. The Morgan fingerprint density at radius 2 is 0.714 bits per heavy atom. The highest BCUT2D eigenvalue weighted by molar-refractivity contribution is 6.04. The van der Waals surface area contributed by atoms with Gasteiger partial charge >= 0.3 is 47.8 Å². The van der Waals surface area contributed by atoms with Crippen LogP contribution in [-0.2, 0) is 52.6 Å². The van der Waals surface area contributed by atoms with Gasteiger partial charge < -0.3 is 24.4 Å². The smallest absolute Gasteiger partial charge is 0.340 e. The monoisotopic (exact) mass is 498 g/mol. The van der Waals surface area contributed by atoms with Crippen LogP contribution in [0.2, 0.25) is 0 Å². The Hall–Kier alpha value is -4.68. The van der Waals surface area contributed by atoms with Crippen LogP contribution in [-0.4, -0.2) is 58.0 Å². The molecule has 0 aromatic rings. The van der Waals surface area contributed by atoms with Crippen molar-refractivity contribution >= 4 is 47.8 Å². The zero-order valence-electron chi connectivity index (χ0n) is 19.6. The Kier molecular flexibility index (Phi) is 17.8. The van der Waals surface area contributed by atoms with Crippen LogP contribution >= 0.6 is 0 Å². The molecule has 0 saturated carbocycles. The minimum atomic E-state index is -1.31. The van der Waals surface area contributed by atoms with Crippen LogP contribution in [0.3, 0.4) is 0 Å². The number of rotatable bonds is 8. The number of carbonyl (C=O) groups excluding carboxylic acids is 6. The van der Waals surface area contributed by atoms with E-state index in [9.17, 15) is 38.4 Å². The summed E-state index contributed by atoms with van der Waals surface area (Å²) in [6, 6.07) is 0. The highest BCUT2D eigenvalue weighted by atomic mass is 16.6. The van der Waals surface area contributed by atoms with Gasteiger partial charge in [-0.15, -0.1) is 0 Å². The van der Waals surface area contributed by atoms with Crippen LogP contribution in [0.25, 0.3) is 0 Å². The number of hydrogen-bond donors (Lipinski definition) is 2. The van der Waals surface area contributed by atoms with Gasteiger partial charge in [-0.2, -0.15) is 0 Å². The summed E-state index contributed by atoms with van der Waals surface area (Å²) in [5.74, 6) is -8.14. The Morgan fingerprint density at radius 3 is 0.886 bits per heavy atom. The molecule has 13 nitrogen and oxygen atoms in total. The highest BCUT2D eigenvalue weighted by Gasteiger charge is 2.19. The molecule has 0 spiro atoms. The van der Waals surface area contributed by atoms with E-state index in [-0.39, 0.29) is 22.3 Å². The number of carboxylic acid groups (broad SMARTS) is 2. The van der Waals surface area contributed by atoms with Gasteiger partial charge in [0.1, 0.15) is 12.8 Å². The third kappa shape index (κ3) is 22.3. The number of hydrogen-bond acceptors (Lipinski definition) is 11. The Balaban J connectivity index is -0.000000486. The van der Waals surface area contributed by atoms with Crippen LogP contribution in [0.1, 0.15) is 40.5 Å². The van der Waals surface area contributed by atoms with Crippen molar-refractivity contribution in [2.75, 3.05) is 0 Å². The fourth-order valence-corrected chi connectivity index (χ4v) is 0.959. The lowest BCUT2D eigenvalue weighted by molar-refractivity contribution is -0.164. The summed E-state index contributed by atoms with van der Waals surface area (Å²) >= 11 is 0. The van der Waals surface area contributed by atoms with Gasteiger partial charge in [0.05, 0.1) is 0 Å². The molecule has 0 amide bonds. The number of carbonyl (C=O) groups is 8. The van der Waals surface area contributed by atoms with E-state index in [2.05, 4.69) is 40.5 Å². The maximum absolute atomic E-state index is 11.0. The first-order valence-corrected chi connectivity index (χ1v) is 9.13. The summed E-state index contributed by atoms with van der Waals surface area (Å²) in [5.41, 5.74) is 0.425. The van der Waals surface area contributed by atoms with E-state index in [4.69, 9.17) is 10.2 Å². The number of ether oxygens (including phenoxy) is 3. The molecule has 0 aliphatic heterocycles. The average Bonchev–Trinajstić information content (AvgIpc) is 2.66. The molecule has 0 fully saturated rings. The Bertz CT molecular complexity index is 876. The van der Waals surface area contributed by atoms with Gasteiger partial charge in [0, 0.05) is 22.3 Å². The summed E-state index contributed by atoms with van der Waals surface area (Å²) in [7, 11) is 0. The van der Waals surface area contributed by atoms with Crippen molar-refractivity contribution in [2.45, 2.75) is 40.5 Å². The van der Waals surface area contributed by atoms with E-state index in [1.165, 1.54) is 27.7 Å². The van der Waals surface area contributed by atoms with Crippen molar-refractivity contribution in [3.05, 3.63) is 48.6 Å². The van der Waals surface area contributed by atoms with E-state index in [0.717, 1.165) is 0 Å². The molecule has 0 heterocycles. The van der Waals surface area contributed by atoms with Crippen LogP contribution in [0, 0.1) is 0 Å². The predicted octanol–water partition coefficient (Wildman–Crippen LogP) is 1.42. The normalized spacial score (nSPS) is 8.69. The third-order valence-electron chi connectivity index (χ3n) is 2.58. The second kappa shape index (κ2) is 17.8. The molecule has 0 aromatic carbocycles. The van der Waals surface area contributed by atoms with Crippen molar-refractivity contribution in [1.29, 1.82) is 0 Å². The average molecular weight is 498 g/mol.